The average molecular weight is 472 g/mol. The molecule has 0 unspecified atom stereocenters. The highest BCUT2D eigenvalue weighted by molar-refractivity contribution is 6.46. The number of carbonyl (C=O) groups excluding carboxylic acids is 2. The van der Waals surface area contributed by atoms with Crippen LogP contribution in [0.15, 0.2) is 48.0 Å². The Bertz CT molecular complexity index is 1130. The van der Waals surface area contributed by atoms with Gasteiger partial charge in [0.05, 0.1) is 50.6 Å². The SMILES string of the molecule is COc1ccc([C@@H]2/C(=C(\O)c3cccc([N+](=O)[O-])c3)C(=O)C(=O)N2CCOCCO)cc1OC. The van der Waals surface area contributed by atoms with Gasteiger partial charge in [0.2, 0.25) is 0 Å². The predicted octanol–water partition coefficient (Wildman–Crippen LogP) is 2.04. The van der Waals surface area contributed by atoms with Crippen molar-refractivity contribution in [2.45, 2.75) is 6.04 Å². The van der Waals surface area contributed by atoms with E-state index in [1.165, 1.54) is 37.3 Å². The zero-order valence-electron chi connectivity index (χ0n) is 18.6. The second-order valence-corrected chi connectivity index (χ2v) is 7.25. The summed E-state index contributed by atoms with van der Waals surface area (Å²) in [4.78, 5) is 37.7. The van der Waals surface area contributed by atoms with Gasteiger partial charge in [0.15, 0.2) is 11.5 Å². The van der Waals surface area contributed by atoms with Crippen molar-refractivity contribution in [2.24, 2.45) is 0 Å². The molecule has 1 heterocycles. The smallest absolute Gasteiger partial charge is 0.295 e. The van der Waals surface area contributed by atoms with Gasteiger partial charge in [-0.1, -0.05) is 18.2 Å². The zero-order chi connectivity index (χ0) is 24.8. The normalized spacial score (nSPS) is 17.1. The van der Waals surface area contributed by atoms with E-state index in [2.05, 4.69) is 0 Å². The summed E-state index contributed by atoms with van der Waals surface area (Å²) in [7, 11) is 2.90. The molecule has 0 aliphatic carbocycles. The minimum atomic E-state index is -1.02. The van der Waals surface area contributed by atoms with E-state index < -0.39 is 28.4 Å². The van der Waals surface area contributed by atoms with Gasteiger partial charge in [-0.25, -0.2) is 0 Å². The lowest BCUT2D eigenvalue weighted by Crippen LogP contribution is -2.33. The summed E-state index contributed by atoms with van der Waals surface area (Å²) in [5.74, 6) is -1.57. The highest BCUT2D eigenvalue weighted by Gasteiger charge is 2.46. The standard InChI is InChI=1S/C23H24N2O9/c1-32-17-7-6-14(13-18(17)33-2)20-19(21(27)15-4-3-5-16(12-15)25(30)31)22(28)23(29)24(20)8-10-34-11-9-26/h3-7,12-13,20,26-27H,8-11H2,1-2H3/b21-19+/t20-/m1/s1. The van der Waals surface area contributed by atoms with Crippen LogP contribution in [-0.2, 0) is 14.3 Å². The molecule has 1 aliphatic rings. The molecule has 0 spiro atoms. The molecule has 0 bridgehead atoms. The van der Waals surface area contributed by atoms with Crippen molar-refractivity contribution >= 4 is 23.1 Å². The Morgan fingerprint density at radius 2 is 1.82 bits per heavy atom. The van der Waals surface area contributed by atoms with Crippen LogP contribution in [0, 0.1) is 10.1 Å². The van der Waals surface area contributed by atoms with Crippen LogP contribution in [0.2, 0.25) is 0 Å². The van der Waals surface area contributed by atoms with Gasteiger partial charge < -0.3 is 29.3 Å². The molecule has 0 radical (unpaired) electrons. The number of hydrogen-bond donors (Lipinski definition) is 2. The quantitative estimate of drug-likeness (QED) is 0.132. The number of non-ortho nitro benzene ring substituents is 1. The lowest BCUT2D eigenvalue weighted by atomic mass is 9.95. The first-order valence-electron chi connectivity index (χ1n) is 10.3. The molecule has 3 rings (SSSR count). The van der Waals surface area contributed by atoms with E-state index in [0.717, 1.165) is 6.07 Å². The number of ether oxygens (including phenoxy) is 3. The molecule has 34 heavy (non-hydrogen) atoms. The van der Waals surface area contributed by atoms with Crippen molar-refractivity contribution in [1.82, 2.24) is 4.90 Å². The molecule has 2 aromatic rings. The Morgan fingerprint density at radius 3 is 2.47 bits per heavy atom. The molecule has 1 aliphatic heterocycles. The van der Waals surface area contributed by atoms with Gasteiger partial charge in [0.1, 0.15) is 5.76 Å². The molecule has 2 N–H and O–H groups in total. The van der Waals surface area contributed by atoms with Gasteiger partial charge in [0.25, 0.3) is 17.4 Å². The second-order valence-electron chi connectivity index (χ2n) is 7.25. The molecule has 11 heteroatoms. The Morgan fingerprint density at radius 1 is 1.09 bits per heavy atom. The number of amides is 1. The van der Waals surface area contributed by atoms with E-state index in [0.29, 0.717) is 17.1 Å². The maximum absolute atomic E-state index is 13.0. The molecule has 180 valence electrons. The summed E-state index contributed by atoms with van der Waals surface area (Å²) in [6, 6.07) is 8.94. The van der Waals surface area contributed by atoms with Gasteiger partial charge in [-0.3, -0.25) is 19.7 Å². The number of likely N-dealkylation sites (tertiary alicyclic amines) is 1. The number of hydrogen-bond acceptors (Lipinski definition) is 9. The van der Waals surface area contributed by atoms with Gasteiger partial charge >= 0.3 is 0 Å². The van der Waals surface area contributed by atoms with Crippen LogP contribution in [0.4, 0.5) is 5.69 Å². The molecular weight excluding hydrogens is 448 g/mol. The Labute approximate surface area is 194 Å². The summed E-state index contributed by atoms with van der Waals surface area (Å²) < 4.78 is 15.9. The van der Waals surface area contributed by atoms with E-state index in [1.54, 1.807) is 18.2 Å². The van der Waals surface area contributed by atoms with Gasteiger partial charge in [-0.15, -0.1) is 0 Å². The van der Waals surface area contributed by atoms with Crippen molar-refractivity contribution in [3.8, 4) is 11.5 Å². The lowest BCUT2D eigenvalue weighted by molar-refractivity contribution is -0.384. The first-order chi connectivity index (χ1) is 16.3. The third-order valence-electron chi connectivity index (χ3n) is 5.31. The first kappa shape index (κ1) is 24.7. The third kappa shape index (κ3) is 4.85. The van der Waals surface area contributed by atoms with Crippen molar-refractivity contribution < 1.29 is 38.9 Å². The molecule has 1 amide bonds. The highest BCUT2D eigenvalue weighted by atomic mass is 16.6. The number of benzene rings is 2. The van der Waals surface area contributed by atoms with Crippen LogP contribution < -0.4 is 9.47 Å². The number of aliphatic hydroxyl groups excluding tert-OH is 2. The molecule has 1 fully saturated rings. The number of nitro benzene ring substituents is 1. The van der Waals surface area contributed by atoms with Crippen LogP contribution in [-0.4, -0.2) is 72.3 Å². The summed E-state index contributed by atoms with van der Waals surface area (Å²) >= 11 is 0. The number of aliphatic hydroxyl groups is 2. The minimum Gasteiger partial charge on any atom is -0.507 e. The predicted molar refractivity (Wildman–Crippen MR) is 120 cm³/mol. The van der Waals surface area contributed by atoms with Crippen LogP contribution in [0.1, 0.15) is 17.2 Å². The topological polar surface area (TPSA) is 149 Å². The lowest BCUT2D eigenvalue weighted by Gasteiger charge is -2.26. The van der Waals surface area contributed by atoms with Crippen molar-refractivity contribution in [2.75, 3.05) is 40.6 Å². The average Bonchev–Trinajstić information content (AvgIpc) is 3.10. The summed E-state index contributed by atoms with van der Waals surface area (Å²) in [5.41, 5.74) is -0.0292. The van der Waals surface area contributed by atoms with Crippen molar-refractivity contribution in [3.05, 3.63) is 69.3 Å². The molecule has 1 saturated heterocycles. The summed E-state index contributed by atoms with van der Waals surface area (Å²) in [6.07, 6.45) is 0. The summed E-state index contributed by atoms with van der Waals surface area (Å²) in [5, 5.41) is 31.1. The fraction of sp³-hybridized carbons (Fsp3) is 0.304. The molecule has 2 aromatic carbocycles. The largest absolute Gasteiger partial charge is 0.507 e. The maximum Gasteiger partial charge on any atom is 0.295 e. The van der Waals surface area contributed by atoms with Crippen LogP contribution in [0.3, 0.4) is 0 Å². The number of Topliss-reactive ketones (excluding diaryl/α,β-unsaturated/α-hetero) is 1. The van der Waals surface area contributed by atoms with Crippen LogP contribution in [0.25, 0.3) is 5.76 Å². The van der Waals surface area contributed by atoms with E-state index in [-0.39, 0.29) is 43.2 Å². The summed E-state index contributed by atoms with van der Waals surface area (Å²) in [6.45, 7) is -0.118. The highest BCUT2D eigenvalue weighted by Crippen LogP contribution is 2.42. The molecule has 1 atom stereocenters. The van der Waals surface area contributed by atoms with Crippen LogP contribution in [0.5, 0.6) is 11.5 Å². The number of rotatable bonds is 10. The molecule has 0 aromatic heterocycles. The number of ketones is 1. The number of carbonyl (C=O) groups is 2. The third-order valence-corrected chi connectivity index (χ3v) is 5.31. The number of nitro groups is 1. The van der Waals surface area contributed by atoms with E-state index in [9.17, 15) is 24.8 Å². The van der Waals surface area contributed by atoms with Gasteiger partial charge in [-0.05, 0) is 17.7 Å². The minimum absolute atomic E-state index is 0.00466. The molecule has 0 saturated carbocycles. The Kier molecular flexibility index (Phi) is 7.82. The fourth-order valence-electron chi connectivity index (χ4n) is 3.73. The maximum atomic E-state index is 13.0. The number of methoxy groups -OCH3 is 2. The van der Waals surface area contributed by atoms with E-state index in [4.69, 9.17) is 19.3 Å². The second kappa shape index (κ2) is 10.8. The zero-order valence-corrected chi connectivity index (χ0v) is 18.6. The molecule has 11 nitrogen and oxygen atoms in total. The monoisotopic (exact) mass is 472 g/mol. The van der Waals surface area contributed by atoms with Crippen molar-refractivity contribution in [3.63, 3.8) is 0 Å². The fourth-order valence-corrected chi connectivity index (χ4v) is 3.73. The van der Waals surface area contributed by atoms with E-state index in [1.807, 2.05) is 0 Å². The van der Waals surface area contributed by atoms with Gasteiger partial charge in [0, 0.05) is 24.2 Å². The number of nitrogens with zero attached hydrogens (tertiary/aromatic N) is 2. The Balaban J connectivity index is 2.15. The van der Waals surface area contributed by atoms with Crippen LogP contribution >= 0.6 is 0 Å². The van der Waals surface area contributed by atoms with Gasteiger partial charge in [-0.2, -0.15) is 0 Å². The molecular formula is C23H24N2O9. The first-order valence-corrected chi connectivity index (χ1v) is 10.3. The van der Waals surface area contributed by atoms with E-state index >= 15 is 0 Å². The Hall–Kier alpha value is -3.96. The van der Waals surface area contributed by atoms with Crippen molar-refractivity contribution in [1.29, 1.82) is 0 Å².